The molecule has 0 saturated heterocycles. The van der Waals surface area contributed by atoms with Crippen molar-refractivity contribution in [2.75, 3.05) is 11.9 Å². The molecular weight excluding hydrogens is 360 g/mol. The maximum absolute atomic E-state index is 11.8. The second kappa shape index (κ2) is 6.20. The van der Waals surface area contributed by atoms with Crippen molar-refractivity contribution in [3.05, 3.63) is 52.9 Å². The van der Waals surface area contributed by atoms with Crippen molar-refractivity contribution in [2.45, 2.75) is 19.9 Å². The fraction of sp³-hybridized carbons (Fsp3) is 0.190. The van der Waals surface area contributed by atoms with Crippen LogP contribution in [0.5, 0.6) is 0 Å². The summed E-state index contributed by atoms with van der Waals surface area (Å²) in [5, 5.41) is 10.1. The van der Waals surface area contributed by atoms with Crippen LogP contribution >= 0.6 is 22.7 Å². The van der Waals surface area contributed by atoms with Crippen molar-refractivity contribution in [3.63, 3.8) is 0 Å². The molecular formula is C21H18N2OS2. The zero-order valence-electron chi connectivity index (χ0n) is 14.4. The van der Waals surface area contributed by atoms with Crippen molar-refractivity contribution < 1.29 is 4.79 Å². The molecule has 2 N–H and O–H groups in total. The summed E-state index contributed by atoms with van der Waals surface area (Å²) in [7, 11) is 0. The number of thiophene rings is 2. The molecule has 0 saturated carbocycles. The lowest BCUT2D eigenvalue weighted by Crippen LogP contribution is -2.22. The first-order valence-electron chi connectivity index (χ1n) is 8.76. The summed E-state index contributed by atoms with van der Waals surface area (Å²) in [5.41, 5.74) is 3.85. The molecule has 2 aromatic carbocycles. The molecule has 0 atom stereocenters. The lowest BCUT2D eigenvalue weighted by Gasteiger charge is -2.15. The molecule has 1 aliphatic rings. The van der Waals surface area contributed by atoms with Crippen LogP contribution in [0.3, 0.4) is 0 Å². The first kappa shape index (κ1) is 16.0. The van der Waals surface area contributed by atoms with Crippen molar-refractivity contribution in [1.29, 1.82) is 0 Å². The van der Waals surface area contributed by atoms with E-state index in [0.717, 1.165) is 24.5 Å². The lowest BCUT2D eigenvalue weighted by molar-refractivity contribution is -0.114. The number of nitrogens with one attached hydrogen (secondary N) is 2. The fourth-order valence-electron chi connectivity index (χ4n) is 3.81. The Bertz CT molecular complexity index is 1160. The summed E-state index contributed by atoms with van der Waals surface area (Å²) in [6, 6.07) is 15.1. The quantitative estimate of drug-likeness (QED) is 0.491. The summed E-state index contributed by atoms with van der Waals surface area (Å²) in [6.07, 6.45) is 1.00. The fourth-order valence-corrected chi connectivity index (χ4v) is 6.31. The van der Waals surface area contributed by atoms with Crippen LogP contribution in [0.2, 0.25) is 0 Å². The van der Waals surface area contributed by atoms with E-state index in [2.05, 4.69) is 53.1 Å². The highest BCUT2D eigenvalue weighted by atomic mass is 32.1. The molecule has 0 bridgehead atoms. The number of benzene rings is 2. The minimum absolute atomic E-state index is 0.0127. The predicted octanol–water partition coefficient (Wildman–Crippen LogP) is 5.39. The molecule has 5 rings (SSSR count). The third-order valence-electron chi connectivity index (χ3n) is 4.89. The van der Waals surface area contributed by atoms with Crippen LogP contribution in [-0.4, -0.2) is 12.5 Å². The average Bonchev–Trinajstić information content (AvgIpc) is 3.19. The number of amides is 1. The van der Waals surface area contributed by atoms with E-state index < -0.39 is 0 Å². The molecule has 3 heterocycles. The van der Waals surface area contributed by atoms with Crippen molar-refractivity contribution in [1.82, 2.24) is 5.32 Å². The van der Waals surface area contributed by atoms with Gasteiger partial charge in [0.25, 0.3) is 0 Å². The van der Waals surface area contributed by atoms with E-state index in [-0.39, 0.29) is 5.91 Å². The van der Waals surface area contributed by atoms with Gasteiger partial charge in [0.15, 0.2) is 0 Å². The lowest BCUT2D eigenvalue weighted by atomic mass is 9.96. The van der Waals surface area contributed by atoms with Gasteiger partial charge in [0.1, 0.15) is 5.00 Å². The van der Waals surface area contributed by atoms with E-state index in [0.29, 0.717) is 0 Å². The number of anilines is 1. The first-order chi connectivity index (χ1) is 12.7. The highest BCUT2D eigenvalue weighted by Gasteiger charge is 2.24. The van der Waals surface area contributed by atoms with Crippen LogP contribution < -0.4 is 10.6 Å². The van der Waals surface area contributed by atoms with Gasteiger partial charge in [-0.1, -0.05) is 36.4 Å². The van der Waals surface area contributed by atoms with Crippen molar-refractivity contribution in [2.24, 2.45) is 0 Å². The minimum atomic E-state index is -0.0127. The zero-order chi connectivity index (χ0) is 17.7. The van der Waals surface area contributed by atoms with Gasteiger partial charge < -0.3 is 10.6 Å². The number of carbonyl (C=O) groups is 1. The summed E-state index contributed by atoms with van der Waals surface area (Å²) < 4.78 is 2.61. The SMILES string of the molecule is CC(=O)Nc1sc2c(c1-c1cccc3c1sc1ccccc13)CCNC2. The Kier molecular flexibility index (Phi) is 3.81. The van der Waals surface area contributed by atoms with Gasteiger partial charge in [0, 0.05) is 49.6 Å². The van der Waals surface area contributed by atoms with Gasteiger partial charge in [-0.2, -0.15) is 0 Å². The number of hydrogen-bond acceptors (Lipinski definition) is 4. The smallest absolute Gasteiger partial charge is 0.221 e. The zero-order valence-corrected chi connectivity index (χ0v) is 16.0. The highest BCUT2D eigenvalue weighted by Crippen LogP contribution is 2.47. The number of fused-ring (bicyclic) bond motifs is 4. The monoisotopic (exact) mass is 378 g/mol. The summed E-state index contributed by atoms with van der Waals surface area (Å²) in [4.78, 5) is 13.1. The van der Waals surface area contributed by atoms with Crippen LogP contribution in [-0.2, 0) is 17.8 Å². The van der Waals surface area contributed by atoms with Gasteiger partial charge in [0.2, 0.25) is 5.91 Å². The second-order valence-electron chi connectivity index (χ2n) is 6.60. The van der Waals surface area contributed by atoms with E-state index in [1.165, 1.54) is 41.7 Å². The number of carbonyl (C=O) groups excluding carboxylic acids is 1. The van der Waals surface area contributed by atoms with Gasteiger partial charge in [-0.15, -0.1) is 22.7 Å². The molecule has 5 heteroatoms. The Hall–Kier alpha value is -2.21. The molecule has 2 aromatic heterocycles. The molecule has 1 aliphatic heterocycles. The van der Waals surface area contributed by atoms with Crippen molar-refractivity contribution in [3.8, 4) is 11.1 Å². The van der Waals surface area contributed by atoms with Gasteiger partial charge in [-0.25, -0.2) is 0 Å². The van der Waals surface area contributed by atoms with E-state index in [9.17, 15) is 4.79 Å². The Balaban J connectivity index is 1.82. The number of hydrogen-bond donors (Lipinski definition) is 2. The average molecular weight is 379 g/mol. The normalized spacial score (nSPS) is 13.9. The molecule has 130 valence electrons. The topological polar surface area (TPSA) is 41.1 Å². The standard InChI is InChI=1S/C21H18N2OS2/c1-12(24)23-21-19(15-9-10-22-11-18(15)26-21)16-7-4-6-14-13-5-2-3-8-17(13)25-20(14)16/h2-8,22H,9-11H2,1H3,(H,23,24). The van der Waals surface area contributed by atoms with Crippen LogP contribution in [0.1, 0.15) is 17.4 Å². The molecule has 0 aliphatic carbocycles. The molecule has 0 radical (unpaired) electrons. The highest BCUT2D eigenvalue weighted by molar-refractivity contribution is 7.26. The van der Waals surface area contributed by atoms with Crippen LogP contribution in [0.25, 0.3) is 31.3 Å². The van der Waals surface area contributed by atoms with Crippen LogP contribution in [0, 0.1) is 0 Å². The third-order valence-corrected chi connectivity index (χ3v) is 7.26. The van der Waals surface area contributed by atoms with E-state index in [1.54, 1.807) is 18.3 Å². The Morgan fingerprint density at radius 2 is 1.92 bits per heavy atom. The summed E-state index contributed by atoms with van der Waals surface area (Å²) in [6.45, 7) is 3.45. The van der Waals surface area contributed by atoms with E-state index in [1.807, 2.05) is 11.3 Å². The minimum Gasteiger partial charge on any atom is -0.317 e. The second-order valence-corrected chi connectivity index (χ2v) is 8.75. The summed E-state index contributed by atoms with van der Waals surface area (Å²) >= 11 is 3.55. The van der Waals surface area contributed by atoms with Gasteiger partial charge >= 0.3 is 0 Å². The third kappa shape index (κ3) is 2.47. The summed E-state index contributed by atoms with van der Waals surface area (Å²) in [5.74, 6) is -0.0127. The van der Waals surface area contributed by atoms with Crippen LogP contribution in [0.15, 0.2) is 42.5 Å². The Labute approximate surface area is 159 Å². The van der Waals surface area contributed by atoms with Gasteiger partial charge in [-0.05, 0) is 24.6 Å². The van der Waals surface area contributed by atoms with Crippen molar-refractivity contribution >= 4 is 53.8 Å². The predicted molar refractivity (Wildman–Crippen MR) is 112 cm³/mol. The van der Waals surface area contributed by atoms with E-state index in [4.69, 9.17) is 0 Å². The number of rotatable bonds is 2. The Morgan fingerprint density at radius 1 is 1.08 bits per heavy atom. The van der Waals surface area contributed by atoms with E-state index >= 15 is 0 Å². The molecule has 26 heavy (non-hydrogen) atoms. The molecule has 0 unspecified atom stereocenters. The maximum Gasteiger partial charge on any atom is 0.221 e. The first-order valence-corrected chi connectivity index (χ1v) is 10.4. The Morgan fingerprint density at radius 3 is 2.81 bits per heavy atom. The largest absolute Gasteiger partial charge is 0.317 e. The molecule has 4 aromatic rings. The van der Waals surface area contributed by atoms with Crippen LogP contribution in [0.4, 0.5) is 5.00 Å². The van der Waals surface area contributed by atoms with Gasteiger partial charge in [0.05, 0.1) is 0 Å². The molecule has 0 fully saturated rings. The molecule has 3 nitrogen and oxygen atoms in total. The van der Waals surface area contributed by atoms with Gasteiger partial charge in [-0.3, -0.25) is 4.79 Å². The molecule has 0 spiro atoms. The molecule has 1 amide bonds. The maximum atomic E-state index is 11.8.